The van der Waals surface area contributed by atoms with Crippen molar-refractivity contribution in [1.82, 2.24) is 4.98 Å². The summed E-state index contributed by atoms with van der Waals surface area (Å²) < 4.78 is 24.7. The number of ether oxygens (including phenoxy) is 2. The zero-order valence-electron chi connectivity index (χ0n) is 9.24. The fourth-order valence-corrected chi connectivity index (χ4v) is 2.02. The molecule has 2 rings (SSSR count). The van der Waals surface area contributed by atoms with Crippen LogP contribution in [-0.2, 0) is 4.74 Å². The van der Waals surface area contributed by atoms with Crippen molar-refractivity contribution < 1.29 is 13.9 Å². The summed E-state index contributed by atoms with van der Waals surface area (Å²) in [5.41, 5.74) is 0.688. The third-order valence-corrected chi connectivity index (χ3v) is 2.96. The Balaban J connectivity index is 2.47. The van der Waals surface area contributed by atoms with Gasteiger partial charge in [0.2, 0.25) is 0 Å². The van der Waals surface area contributed by atoms with Crippen molar-refractivity contribution in [2.24, 2.45) is 0 Å². The van der Waals surface area contributed by atoms with E-state index in [4.69, 9.17) is 9.47 Å². The van der Waals surface area contributed by atoms with Crippen LogP contribution < -0.4 is 4.74 Å². The Morgan fingerprint density at radius 2 is 2.12 bits per heavy atom. The summed E-state index contributed by atoms with van der Waals surface area (Å²) in [7, 11) is 1.57. The molecule has 0 spiro atoms. The van der Waals surface area contributed by atoms with E-state index in [1.165, 1.54) is 6.07 Å². The van der Waals surface area contributed by atoms with Crippen LogP contribution in [0, 0.1) is 5.82 Å². The topological polar surface area (TPSA) is 31.4 Å². The zero-order valence-corrected chi connectivity index (χ0v) is 10.8. The number of methoxy groups -OCH3 is 1. The predicted molar refractivity (Wildman–Crippen MR) is 66.8 cm³/mol. The molecule has 0 atom stereocenters. The van der Waals surface area contributed by atoms with Crippen molar-refractivity contribution in [3.63, 3.8) is 0 Å². The van der Waals surface area contributed by atoms with E-state index in [1.54, 1.807) is 25.4 Å². The van der Waals surface area contributed by atoms with Crippen molar-refractivity contribution in [2.45, 2.75) is 0 Å². The van der Waals surface area contributed by atoms with Gasteiger partial charge in [0.15, 0.2) is 11.6 Å². The van der Waals surface area contributed by atoms with Gasteiger partial charge in [-0.15, -0.1) is 0 Å². The summed E-state index contributed by atoms with van der Waals surface area (Å²) in [5, 5.41) is 0.642. The van der Waals surface area contributed by atoms with E-state index in [0.29, 0.717) is 24.1 Å². The summed E-state index contributed by atoms with van der Waals surface area (Å²) in [6.07, 6.45) is 1.66. The van der Waals surface area contributed by atoms with E-state index >= 15 is 0 Å². The van der Waals surface area contributed by atoms with Gasteiger partial charge in [0, 0.05) is 17.8 Å². The molecule has 0 aliphatic heterocycles. The number of rotatable bonds is 4. The smallest absolute Gasteiger partial charge is 0.165 e. The Bertz CT molecular complexity index is 533. The van der Waals surface area contributed by atoms with Crippen LogP contribution in [0.15, 0.2) is 28.9 Å². The van der Waals surface area contributed by atoms with Crippen LogP contribution in [0.4, 0.5) is 4.39 Å². The molecule has 0 amide bonds. The largest absolute Gasteiger partial charge is 0.487 e. The molecule has 5 heteroatoms. The number of halogens is 2. The van der Waals surface area contributed by atoms with E-state index in [2.05, 4.69) is 20.9 Å². The number of hydrogen-bond donors (Lipinski definition) is 0. The standard InChI is InChI=1S/C12H11BrFNO2/c1-16-6-7-17-12-9(14)2-3-10-11(12)8(13)4-5-15-10/h2-5H,6-7H2,1H3. The molecule has 17 heavy (non-hydrogen) atoms. The Hall–Kier alpha value is -1.20. The minimum atomic E-state index is -0.401. The Labute approximate surface area is 107 Å². The first kappa shape index (κ1) is 12.3. The summed E-state index contributed by atoms with van der Waals surface area (Å²) in [6.45, 7) is 0.710. The fourth-order valence-electron chi connectivity index (χ4n) is 1.52. The monoisotopic (exact) mass is 299 g/mol. The number of pyridine rings is 1. The van der Waals surface area contributed by atoms with Crippen molar-refractivity contribution in [1.29, 1.82) is 0 Å². The molecule has 90 valence electrons. The van der Waals surface area contributed by atoms with Gasteiger partial charge >= 0.3 is 0 Å². The highest BCUT2D eigenvalue weighted by Crippen LogP contribution is 2.33. The second-order valence-corrected chi connectivity index (χ2v) is 4.26. The molecule has 0 aliphatic carbocycles. The maximum absolute atomic E-state index is 13.7. The number of nitrogens with zero attached hydrogens (tertiary/aromatic N) is 1. The zero-order chi connectivity index (χ0) is 12.3. The molecule has 0 aliphatic rings. The molecule has 0 fully saturated rings. The van der Waals surface area contributed by atoms with E-state index in [0.717, 1.165) is 4.47 Å². The highest BCUT2D eigenvalue weighted by Gasteiger charge is 2.12. The molecule has 0 N–H and O–H groups in total. The highest BCUT2D eigenvalue weighted by atomic mass is 79.9. The molecular formula is C12H11BrFNO2. The van der Waals surface area contributed by atoms with Gasteiger partial charge in [-0.3, -0.25) is 4.98 Å². The minimum Gasteiger partial charge on any atom is -0.487 e. The molecule has 0 radical (unpaired) electrons. The van der Waals surface area contributed by atoms with Crippen LogP contribution in [0.25, 0.3) is 10.9 Å². The molecule has 2 aromatic rings. The maximum Gasteiger partial charge on any atom is 0.165 e. The van der Waals surface area contributed by atoms with Gasteiger partial charge in [-0.1, -0.05) is 0 Å². The molecule has 0 unspecified atom stereocenters. The molecule has 3 nitrogen and oxygen atoms in total. The first-order chi connectivity index (χ1) is 8.24. The maximum atomic E-state index is 13.7. The molecule has 1 aromatic carbocycles. The Morgan fingerprint density at radius 1 is 1.29 bits per heavy atom. The van der Waals surface area contributed by atoms with Crippen LogP contribution >= 0.6 is 15.9 Å². The number of benzene rings is 1. The summed E-state index contributed by atoms with van der Waals surface area (Å²) in [5.74, 6) is -0.193. The molecule has 0 saturated heterocycles. The highest BCUT2D eigenvalue weighted by molar-refractivity contribution is 9.10. The van der Waals surface area contributed by atoms with Crippen LogP contribution in [-0.4, -0.2) is 25.3 Å². The van der Waals surface area contributed by atoms with Crippen LogP contribution in [0.5, 0.6) is 5.75 Å². The summed E-state index contributed by atoms with van der Waals surface area (Å²) in [4.78, 5) is 4.16. The third-order valence-electron chi connectivity index (χ3n) is 2.29. The minimum absolute atomic E-state index is 0.208. The van der Waals surface area contributed by atoms with E-state index in [-0.39, 0.29) is 5.75 Å². The lowest BCUT2D eigenvalue weighted by atomic mass is 10.2. The summed E-state index contributed by atoms with van der Waals surface area (Å²) >= 11 is 3.37. The average molecular weight is 300 g/mol. The number of aromatic nitrogens is 1. The van der Waals surface area contributed by atoms with Crippen molar-refractivity contribution in [3.05, 3.63) is 34.7 Å². The first-order valence-electron chi connectivity index (χ1n) is 5.08. The predicted octanol–water partition coefficient (Wildman–Crippen LogP) is 3.16. The van der Waals surface area contributed by atoms with Gasteiger partial charge < -0.3 is 9.47 Å². The van der Waals surface area contributed by atoms with Crippen LogP contribution in [0.2, 0.25) is 0 Å². The van der Waals surface area contributed by atoms with Crippen molar-refractivity contribution in [3.8, 4) is 5.75 Å². The molecule has 0 saturated carbocycles. The van der Waals surface area contributed by atoms with Crippen LogP contribution in [0.1, 0.15) is 0 Å². The van der Waals surface area contributed by atoms with Gasteiger partial charge in [-0.25, -0.2) is 4.39 Å². The normalized spacial score (nSPS) is 10.8. The van der Waals surface area contributed by atoms with Gasteiger partial charge in [0.05, 0.1) is 17.5 Å². The molecule has 0 bridgehead atoms. The fraction of sp³-hybridized carbons (Fsp3) is 0.250. The van der Waals surface area contributed by atoms with Gasteiger partial charge in [0.25, 0.3) is 0 Å². The van der Waals surface area contributed by atoms with Gasteiger partial charge in [-0.05, 0) is 34.1 Å². The molecule has 1 aromatic heterocycles. The summed E-state index contributed by atoms with van der Waals surface area (Å²) in [6, 6.07) is 4.73. The van der Waals surface area contributed by atoms with Crippen molar-refractivity contribution >= 4 is 26.8 Å². The number of fused-ring (bicyclic) bond motifs is 1. The van der Waals surface area contributed by atoms with Gasteiger partial charge in [-0.2, -0.15) is 0 Å². The average Bonchev–Trinajstić information content (AvgIpc) is 2.33. The third kappa shape index (κ3) is 2.56. The quantitative estimate of drug-likeness (QED) is 0.813. The molecule has 1 heterocycles. The Kier molecular flexibility index (Phi) is 3.91. The second-order valence-electron chi connectivity index (χ2n) is 3.40. The van der Waals surface area contributed by atoms with Gasteiger partial charge in [0.1, 0.15) is 6.61 Å². The second kappa shape index (κ2) is 5.42. The van der Waals surface area contributed by atoms with E-state index in [9.17, 15) is 4.39 Å². The lowest BCUT2D eigenvalue weighted by Crippen LogP contribution is -2.06. The van der Waals surface area contributed by atoms with E-state index < -0.39 is 5.82 Å². The number of hydrogen-bond acceptors (Lipinski definition) is 3. The molecular weight excluding hydrogens is 289 g/mol. The lowest BCUT2D eigenvalue weighted by Gasteiger charge is -2.10. The van der Waals surface area contributed by atoms with Crippen LogP contribution in [0.3, 0.4) is 0 Å². The first-order valence-corrected chi connectivity index (χ1v) is 5.88. The van der Waals surface area contributed by atoms with Crippen molar-refractivity contribution in [2.75, 3.05) is 20.3 Å². The Morgan fingerprint density at radius 3 is 2.88 bits per heavy atom. The van der Waals surface area contributed by atoms with E-state index in [1.807, 2.05) is 0 Å². The SMILES string of the molecule is COCCOc1c(F)ccc2nccc(Br)c12. The lowest BCUT2D eigenvalue weighted by molar-refractivity contribution is 0.144.